The highest BCUT2D eigenvalue weighted by molar-refractivity contribution is 4.76. The van der Waals surface area contributed by atoms with E-state index >= 15 is 0 Å². The normalized spacial score (nSPS) is 11.7. The second kappa shape index (κ2) is 27.7. The minimum Gasteiger partial charge on any atom is -0.0917 e. The van der Waals surface area contributed by atoms with E-state index in [0.717, 1.165) is 0 Å². The number of hydrogen-bond donors (Lipinski definition) is 0. The van der Waals surface area contributed by atoms with Crippen LogP contribution < -0.4 is 0 Å². The van der Waals surface area contributed by atoms with Gasteiger partial charge >= 0.3 is 0 Å². The number of unbranched alkanes of at least 4 members (excludes halogenated alkanes) is 24. The van der Waals surface area contributed by atoms with Gasteiger partial charge in [-0.25, -0.2) is 0 Å². The van der Waals surface area contributed by atoms with E-state index in [1.807, 2.05) is 0 Å². The van der Waals surface area contributed by atoms with Crippen LogP contribution >= 0.6 is 0 Å². The standard InChI is InChI=1S/C29H58/c1-3-5-7-9-11-13-15-17-19-21-23-25-27-29-28-26-24-22-20-18-16-14-12-10-8-6-4-2/h3,5H,4,6-29H2,1-2H3/b5-3+. The fourth-order valence-electron chi connectivity index (χ4n) is 4.39. The Hall–Kier alpha value is -0.260. The Labute approximate surface area is 186 Å². The maximum absolute atomic E-state index is 2.30. The highest BCUT2D eigenvalue weighted by Gasteiger charge is 1.96. The van der Waals surface area contributed by atoms with Crippen molar-refractivity contribution in [2.24, 2.45) is 0 Å². The van der Waals surface area contributed by atoms with Gasteiger partial charge in [-0.1, -0.05) is 167 Å². The van der Waals surface area contributed by atoms with Crippen molar-refractivity contribution in [3.05, 3.63) is 12.2 Å². The maximum Gasteiger partial charge on any atom is -0.0351 e. The molecule has 29 heavy (non-hydrogen) atoms. The van der Waals surface area contributed by atoms with E-state index in [4.69, 9.17) is 0 Å². The molecule has 0 aromatic heterocycles. The lowest BCUT2D eigenvalue weighted by atomic mass is 10.0. The highest BCUT2D eigenvalue weighted by atomic mass is 14.0. The average Bonchev–Trinajstić information content (AvgIpc) is 2.74. The molecule has 0 aliphatic rings. The van der Waals surface area contributed by atoms with Crippen LogP contribution in [0.1, 0.15) is 174 Å². The topological polar surface area (TPSA) is 0 Å². The van der Waals surface area contributed by atoms with Gasteiger partial charge in [-0.15, -0.1) is 0 Å². The van der Waals surface area contributed by atoms with Crippen LogP contribution in [0, 0.1) is 0 Å². The van der Waals surface area contributed by atoms with Crippen molar-refractivity contribution in [1.82, 2.24) is 0 Å². The third-order valence-corrected chi connectivity index (χ3v) is 6.46. The molecule has 0 atom stereocenters. The monoisotopic (exact) mass is 406 g/mol. The quantitative estimate of drug-likeness (QED) is 0.104. The van der Waals surface area contributed by atoms with Crippen molar-refractivity contribution in [1.29, 1.82) is 0 Å². The van der Waals surface area contributed by atoms with E-state index in [-0.39, 0.29) is 0 Å². The summed E-state index contributed by atoms with van der Waals surface area (Å²) in [7, 11) is 0. The molecule has 0 rings (SSSR count). The molecule has 0 aliphatic heterocycles. The molecule has 0 amide bonds. The first-order valence-electron chi connectivity index (χ1n) is 14.0. The molecule has 0 saturated carbocycles. The molecule has 0 aromatic carbocycles. The molecule has 174 valence electrons. The molecule has 0 heteroatoms. The van der Waals surface area contributed by atoms with E-state index in [1.165, 1.54) is 161 Å². The number of allylic oxidation sites excluding steroid dienone is 2. The predicted octanol–water partition coefficient (Wildman–Crippen LogP) is 11.3. The summed E-state index contributed by atoms with van der Waals surface area (Å²) in [5, 5.41) is 0. The first kappa shape index (κ1) is 28.7. The Morgan fingerprint density at radius 3 is 0.828 bits per heavy atom. The van der Waals surface area contributed by atoms with E-state index in [0.29, 0.717) is 0 Å². The van der Waals surface area contributed by atoms with Crippen molar-refractivity contribution in [2.45, 2.75) is 174 Å². The van der Waals surface area contributed by atoms with Crippen LogP contribution in [0.5, 0.6) is 0 Å². The summed E-state index contributed by atoms with van der Waals surface area (Å²) < 4.78 is 0. The van der Waals surface area contributed by atoms with E-state index in [2.05, 4.69) is 26.0 Å². The Kier molecular flexibility index (Phi) is 27.5. The van der Waals surface area contributed by atoms with Gasteiger partial charge in [-0.3, -0.25) is 0 Å². The fraction of sp³-hybridized carbons (Fsp3) is 0.931. The van der Waals surface area contributed by atoms with Crippen molar-refractivity contribution in [3.8, 4) is 0 Å². The second-order valence-electron chi connectivity index (χ2n) is 9.49. The molecule has 0 saturated heterocycles. The third kappa shape index (κ3) is 27.7. The molecular weight excluding hydrogens is 348 g/mol. The molecule has 0 radical (unpaired) electrons. The van der Waals surface area contributed by atoms with Crippen LogP contribution in [0.3, 0.4) is 0 Å². The van der Waals surface area contributed by atoms with Gasteiger partial charge in [0.15, 0.2) is 0 Å². The van der Waals surface area contributed by atoms with Gasteiger partial charge in [-0.2, -0.15) is 0 Å². The van der Waals surface area contributed by atoms with E-state index < -0.39 is 0 Å². The van der Waals surface area contributed by atoms with Gasteiger partial charge in [-0.05, 0) is 19.8 Å². The van der Waals surface area contributed by atoms with Crippen molar-refractivity contribution in [2.75, 3.05) is 0 Å². The Bertz CT molecular complexity index is 290. The summed E-state index contributed by atoms with van der Waals surface area (Å²) in [5.41, 5.74) is 0. The Morgan fingerprint density at radius 2 is 0.586 bits per heavy atom. The summed E-state index contributed by atoms with van der Waals surface area (Å²) in [6, 6.07) is 0. The molecule has 0 heterocycles. The summed E-state index contributed by atoms with van der Waals surface area (Å²) in [6.07, 6.45) is 41.1. The second-order valence-corrected chi connectivity index (χ2v) is 9.49. The van der Waals surface area contributed by atoms with Gasteiger partial charge in [0.2, 0.25) is 0 Å². The fourth-order valence-corrected chi connectivity index (χ4v) is 4.39. The van der Waals surface area contributed by atoms with Crippen LogP contribution in [0.15, 0.2) is 12.2 Å². The smallest absolute Gasteiger partial charge is 0.0351 e. The van der Waals surface area contributed by atoms with Crippen molar-refractivity contribution < 1.29 is 0 Å². The van der Waals surface area contributed by atoms with Crippen LogP contribution in [-0.2, 0) is 0 Å². The lowest BCUT2D eigenvalue weighted by Gasteiger charge is -2.04. The zero-order chi connectivity index (χ0) is 21.1. The first-order chi connectivity index (χ1) is 14.4. The molecule has 0 aliphatic carbocycles. The molecular formula is C29H58. The molecule has 0 bridgehead atoms. The average molecular weight is 407 g/mol. The largest absolute Gasteiger partial charge is 0.0917 e. The SMILES string of the molecule is C/C=C/CCCCCCCCCCCCCCCCCCCCCCCCCC. The van der Waals surface area contributed by atoms with Gasteiger partial charge in [0.1, 0.15) is 0 Å². The van der Waals surface area contributed by atoms with Gasteiger partial charge in [0, 0.05) is 0 Å². The zero-order valence-corrected chi connectivity index (χ0v) is 20.8. The van der Waals surface area contributed by atoms with Crippen LogP contribution in [0.2, 0.25) is 0 Å². The summed E-state index contributed by atoms with van der Waals surface area (Å²) in [4.78, 5) is 0. The molecule has 0 fully saturated rings. The van der Waals surface area contributed by atoms with Gasteiger partial charge in [0.05, 0.1) is 0 Å². The van der Waals surface area contributed by atoms with Crippen LogP contribution in [0.25, 0.3) is 0 Å². The van der Waals surface area contributed by atoms with Crippen molar-refractivity contribution >= 4 is 0 Å². The van der Waals surface area contributed by atoms with Crippen LogP contribution in [0.4, 0.5) is 0 Å². The summed E-state index contributed by atoms with van der Waals surface area (Å²) >= 11 is 0. The molecule has 0 nitrogen and oxygen atoms in total. The number of hydrogen-bond acceptors (Lipinski definition) is 0. The third-order valence-electron chi connectivity index (χ3n) is 6.46. The van der Waals surface area contributed by atoms with E-state index in [9.17, 15) is 0 Å². The number of rotatable bonds is 25. The van der Waals surface area contributed by atoms with Crippen LogP contribution in [-0.4, -0.2) is 0 Å². The first-order valence-corrected chi connectivity index (χ1v) is 14.0. The summed E-state index contributed by atoms with van der Waals surface area (Å²) in [5.74, 6) is 0. The molecule has 0 unspecified atom stereocenters. The van der Waals surface area contributed by atoms with Gasteiger partial charge < -0.3 is 0 Å². The Balaban J connectivity index is 2.98. The van der Waals surface area contributed by atoms with E-state index in [1.54, 1.807) is 0 Å². The lowest BCUT2D eigenvalue weighted by molar-refractivity contribution is 0.517. The lowest BCUT2D eigenvalue weighted by Crippen LogP contribution is -1.84. The molecule has 0 spiro atoms. The minimum atomic E-state index is 1.29. The van der Waals surface area contributed by atoms with Crippen molar-refractivity contribution in [3.63, 3.8) is 0 Å². The minimum absolute atomic E-state index is 1.29. The summed E-state index contributed by atoms with van der Waals surface area (Å²) in [6.45, 7) is 4.43. The zero-order valence-electron chi connectivity index (χ0n) is 20.8. The van der Waals surface area contributed by atoms with Gasteiger partial charge in [0.25, 0.3) is 0 Å². The molecule has 0 aromatic rings. The Morgan fingerprint density at radius 1 is 0.345 bits per heavy atom. The highest BCUT2D eigenvalue weighted by Crippen LogP contribution is 2.15. The predicted molar refractivity (Wildman–Crippen MR) is 136 cm³/mol. The molecule has 0 N–H and O–H groups in total. The maximum atomic E-state index is 2.30.